The molecule has 0 aliphatic carbocycles. The van der Waals surface area contributed by atoms with Crippen molar-refractivity contribution in [2.75, 3.05) is 4.90 Å². The summed E-state index contributed by atoms with van der Waals surface area (Å²) >= 11 is 0. The summed E-state index contributed by atoms with van der Waals surface area (Å²) in [5.41, 5.74) is 0.0935. The minimum absolute atomic E-state index is 0.0353. The molecule has 1 heterocycles. The summed E-state index contributed by atoms with van der Waals surface area (Å²) in [6, 6.07) is 21.6. The van der Waals surface area contributed by atoms with Gasteiger partial charge < -0.3 is 4.74 Å². The van der Waals surface area contributed by atoms with E-state index in [1.807, 2.05) is 6.92 Å². The van der Waals surface area contributed by atoms with Gasteiger partial charge >= 0.3 is 12.0 Å². The molecule has 2 amide bonds. The first-order valence-corrected chi connectivity index (χ1v) is 12.8. The SMILES string of the molecule is Cc1ccc(S(=O)(=O)N2C(=O)N(c3ccccc3)C(C)(C(=O)OC(C)C)C2c2ccccc2)cc1. The van der Waals surface area contributed by atoms with Crippen molar-refractivity contribution in [3.05, 3.63) is 96.1 Å². The Kier molecular flexibility index (Phi) is 6.42. The van der Waals surface area contributed by atoms with Crippen molar-refractivity contribution in [1.29, 1.82) is 0 Å². The fourth-order valence-corrected chi connectivity index (χ4v) is 6.01. The topological polar surface area (TPSA) is 84.0 Å². The molecule has 0 saturated carbocycles. The Morgan fingerprint density at radius 3 is 2.00 bits per heavy atom. The predicted molar refractivity (Wildman–Crippen MR) is 133 cm³/mol. The third-order valence-electron chi connectivity index (χ3n) is 6.07. The Bertz CT molecular complexity index is 1330. The van der Waals surface area contributed by atoms with Crippen molar-refractivity contribution in [3.63, 3.8) is 0 Å². The molecule has 0 radical (unpaired) electrons. The normalized spacial score (nSPS) is 20.4. The summed E-state index contributed by atoms with van der Waals surface area (Å²) in [6.07, 6.45) is -0.466. The number of aryl methyl sites for hydroxylation is 1. The van der Waals surface area contributed by atoms with Crippen molar-refractivity contribution in [2.24, 2.45) is 0 Å². The minimum atomic E-state index is -4.34. The van der Waals surface area contributed by atoms with E-state index in [0.717, 1.165) is 9.87 Å². The van der Waals surface area contributed by atoms with Gasteiger partial charge in [0.2, 0.25) is 0 Å². The van der Waals surface area contributed by atoms with Gasteiger partial charge in [0.15, 0.2) is 5.54 Å². The number of anilines is 1. The van der Waals surface area contributed by atoms with E-state index < -0.39 is 39.7 Å². The van der Waals surface area contributed by atoms with Crippen molar-refractivity contribution in [2.45, 2.75) is 50.3 Å². The van der Waals surface area contributed by atoms with Crippen LogP contribution in [0.1, 0.15) is 37.9 Å². The van der Waals surface area contributed by atoms with E-state index in [2.05, 4.69) is 0 Å². The summed E-state index contributed by atoms with van der Waals surface area (Å²) in [7, 11) is -4.34. The number of carbonyl (C=O) groups is 2. The van der Waals surface area contributed by atoms with Crippen LogP contribution in [0.5, 0.6) is 0 Å². The fourth-order valence-electron chi connectivity index (χ4n) is 4.41. The Hall–Kier alpha value is -3.65. The minimum Gasteiger partial charge on any atom is -0.461 e. The van der Waals surface area contributed by atoms with E-state index in [1.54, 1.807) is 93.6 Å². The monoisotopic (exact) mass is 492 g/mol. The highest BCUT2D eigenvalue weighted by Gasteiger charge is 2.64. The summed E-state index contributed by atoms with van der Waals surface area (Å²) in [5.74, 6) is -0.694. The van der Waals surface area contributed by atoms with E-state index in [0.29, 0.717) is 11.3 Å². The van der Waals surface area contributed by atoms with E-state index in [4.69, 9.17) is 4.74 Å². The lowest BCUT2D eigenvalue weighted by atomic mass is 9.86. The van der Waals surface area contributed by atoms with E-state index in [1.165, 1.54) is 17.0 Å². The lowest BCUT2D eigenvalue weighted by molar-refractivity contribution is -0.154. The van der Waals surface area contributed by atoms with Gasteiger partial charge in [0, 0.05) is 5.69 Å². The number of esters is 1. The summed E-state index contributed by atoms with van der Waals surface area (Å²) < 4.78 is 34.4. The first-order valence-electron chi connectivity index (χ1n) is 11.3. The molecule has 4 rings (SSSR count). The average Bonchev–Trinajstić information content (AvgIpc) is 3.08. The first kappa shape index (κ1) is 24.5. The number of nitrogens with zero attached hydrogens (tertiary/aromatic N) is 2. The maximum Gasteiger partial charge on any atom is 0.340 e. The van der Waals surface area contributed by atoms with Crippen molar-refractivity contribution in [1.82, 2.24) is 4.31 Å². The van der Waals surface area contributed by atoms with Gasteiger partial charge in [-0.1, -0.05) is 66.2 Å². The Morgan fingerprint density at radius 2 is 1.46 bits per heavy atom. The van der Waals surface area contributed by atoms with Crippen LogP contribution in [0.15, 0.2) is 89.8 Å². The van der Waals surface area contributed by atoms with Crippen LogP contribution in [0.4, 0.5) is 10.5 Å². The van der Waals surface area contributed by atoms with Crippen LogP contribution in [0, 0.1) is 6.92 Å². The van der Waals surface area contributed by atoms with E-state index in [9.17, 15) is 18.0 Å². The molecule has 1 aliphatic heterocycles. The van der Waals surface area contributed by atoms with Gasteiger partial charge in [0.1, 0.15) is 6.04 Å². The Labute approximate surface area is 206 Å². The highest BCUT2D eigenvalue weighted by atomic mass is 32.2. The van der Waals surface area contributed by atoms with Crippen LogP contribution in [0.25, 0.3) is 0 Å². The highest BCUT2D eigenvalue weighted by Crippen LogP contribution is 2.49. The van der Waals surface area contributed by atoms with Crippen LogP contribution < -0.4 is 4.90 Å². The van der Waals surface area contributed by atoms with Crippen molar-refractivity contribution >= 4 is 27.7 Å². The molecule has 1 aliphatic rings. The highest BCUT2D eigenvalue weighted by molar-refractivity contribution is 7.89. The molecule has 2 unspecified atom stereocenters. The van der Waals surface area contributed by atoms with Gasteiger partial charge in [0.25, 0.3) is 10.0 Å². The predicted octanol–water partition coefficient (Wildman–Crippen LogP) is 5.08. The molecular formula is C27H28N2O5S. The van der Waals surface area contributed by atoms with Crippen LogP contribution in [-0.4, -0.2) is 36.4 Å². The van der Waals surface area contributed by atoms with Crippen LogP contribution in [0.3, 0.4) is 0 Å². The Balaban J connectivity index is 2.00. The number of sulfonamides is 1. The molecule has 3 aromatic rings. The molecule has 35 heavy (non-hydrogen) atoms. The summed E-state index contributed by atoms with van der Waals surface area (Å²) in [4.78, 5) is 29.0. The van der Waals surface area contributed by atoms with Crippen LogP contribution in [-0.2, 0) is 19.6 Å². The lowest BCUT2D eigenvalue weighted by Crippen LogP contribution is -2.54. The molecule has 0 bridgehead atoms. The number of urea groups is 1. The first-order chi connectivity index (χ1) is 16.6. The molecule has 8 heteroatoms. The second-order valence-electron chi connectivity index (χ2n) is 8.98. The van der Waals surface area contributed by atoms with Gasteiger partial charge in [-0.25, -0.2) is 22.3 Å². The number of hydrogen-bond acceptors (Lipinski definition) is 5. The molecule has 2 atom stereocenters. The number of benzene rings is 3. The third kappa shape index (κ3) is 4.18. The molecule has 1 fully saturated rings. The summed E-state index contributed by atoms with van der Waals surface area (Å²) in [5, 5.41) is 0. The maximum atomic E-state index is 14.0. The number of carbonyl (C=O) groups excluding carboxylic acids is 2. The smallest absolute Gasteiger partial charge is 0.340 e. The van der Waals surface area contributed by atoms with Gasteiger partial charge in [-0.15, -0.1) is 0 Å². The van der Waals surface area contributed by atoms with Crippen LogP contribution in [0.2, 0.25) is 0 Å². The van der Waals surface area contributed by atoms with Gasteiger partial charge in [-0.3, -0.25) is 4.90 Å². The Morgan fingerprint density at radius 1 is 0.914 bits per heavy atom. The van der Waals surface area contributed by atoms with E-state index in [-0.39, 0.29) is 4.90 Å². The second kappa shape index (κ2) is 9.19. The zero-order chi connectivity index (χ0) is 25.4. The lowest BCUT2D eigenvalue weighted by Gasteiger charge is -2.36. The van der Waals surface area contributed by atoms with Crippen molar-refractivity contribution in [3.8, 4) is 0 Å². The molecule has 3 aromatic carbocycles. The van der Waals surface area contributed by atoms with Crippen molar-refractivity contribution < 1.29 is 22.7 Å². The molecular weight excluding hydrogens is 464 g/mol. The number of hydrogen-bond donors (Lipinski definition) is 0. The number of ether oxygens (including phenoxy) is 1. The number of amides is 2. The molecule has 0 N–H and O–H groups in total. The largest absolute Gasteiger partial charge is 0.461 e. The number of rotatable bonds is 6. The molecule has 182 valence electrons. The fraction of sp³-hybridized carbons (Fsp3) is 0.259. The summed E-state index contributed by atoms with van der Waals surface area (Å²) in [6.45, 7) is 6.83. The molecule has 0 aromatic heterocycles. The average molecular weight is 493 g/mol. The molecule has 0 spiro atoms. The quantitative estimate of drug-likeness (QED) is 0.448. The molecule has 1 saturated heterocycles. The molecule has 7 nitrogen and oxygen atoms in total. The van der Waals surface area contributed by atoms with Crippen LogP contribution >= 0.6 is 0 Å². The van der Waals surface area contributed by atoms with Gasteiger partial charge in [-0.2, -0.15) is 0 Å². The maximum absolute atomic E-state index is 14.0. The van der Waals surface area contributed by atoms with Gasteiger partial charge in [-0.05, 0) is 57.5 Å². The second-order valence-corrected chi connectivity index (χ2v) is 10.8. The third-order valence-corrected chi connectivity index (χ3v) is 7.83. The van der Waals surface area contributed by atoms with E-state index >= 15 is 0 Å². The number of para-hydroxylation sites is 1. The van der Waals surface area contributed by atoms with Gasteiger partial charge in [0.05, 0.1) is 11.0 Å². The zero-order valence-electron chi connectivity index (χ0n) is 20.1. The standard InChI is InChI=1S/C27H28N2O5S/c1-19(2)34-25(30)27(4)24(21-11-7-5-8-12-21)29(26(31)28(27)22-13-9-6-10-14-22)35(32,33)23-17-15-20(3)16-18-23/h5-19,24H,1-4H3. The zero-order valence-corrected chi connectivity index (χ0v) is 20.9.